The Labute approximate surface area is 175 Å². The molecule has 29 heavy (non-hydrogen) atoms. The van der Waals surface area contributed by atoms with E-state index in [1.165, 1.54) is 23.5 Å². The fourth-order valence-corrected chi connectivity index (χ4v) is 3.79. The Bertz CT molecular complexity index is 899. The summed E-state index contributed by atoms with van der Waals surface area (Å²) in [5, 5.41) is 14.5. The van der Waals surface area contributed by atoms with Gasteiger partial charge in [-0.2, -0.15) is 0 Å². The van der Waals surface area contributed by atoms with Gasteiger partial charge in [0, 0.05) is 38.0 Å². The van der Waals surface area contributed by atoms with Crippen molar-refractivity contribution >= 4 is 34.7 Å². The molecular formula is C21H25ClN4O3. The monoisotopic (exact) mass is 416 g/mol. The topological polar surface area (TPSA) is 78.7 Å². The van der Waals surface area contributed by atoms with Crippen molar-refractivity contribution in [3.05, 3.63) is 63.2 Å². The normalized spacial score (nSPS) is 14.9. The lowest BCUT2D eigenvalue weighted by Crippen LogP contribution is -2.33. The van der Waals surface area contributed by atoms with Crippen molar-refractivity contribution in [1.82, 2.24) is 4.90 Å². The number of urea groups is 1. The van der Waals surface area contributed by atoms with Gasteiger partial charge in [-0.15, -0.1) is 0 Å². The molecule has 1 atom stereocenters. The van der Waals surface area contributed by atoms with E-state index in [4.69, 9.17) is 11.6 Å². The van der Waals surface area contributed by atoms with Crippen LogP contribution in [0.3, 0.4) is 0 Å². The Morgan fingerprint density at radius 3 is 2.59 bits per heavy atom. The highest BCUT2D eigenvalue weighted by molar-refractivity contribution is 6.33. The fraction of sp³-hybridized carbons (Fsp3) is 0.381. The summed E-state index contributed by atoms with van der Waals surface area (Å²) in [6.45, 7) is 3.81. The predicted molar refractivity (Wildman–Crippen MR) is 116 cm³/mol. The van der Waals surface area contributed by atoms with Gasteiger partial charge in [0.25, 0.3) is 5.69 Å². The molecule has 2 amide bonds. The van der Waals surface area contributed by atoms with Gasteiger partial charge in [0.15, 0.2) is 0 Å². The zero-order chi connectivity index (χ0) is 21.0. The van der Waals surface area contributed by atoms with E-state index in [1.807, 2.05) is 19.1 Å². The van der Waals surface area contributed by atoms with Crippen molar-refractivity contribution < 1.29 is 9.72 Å². The zero-order valence-electron chi connectivity index (χ0n) is 16.6. The van der Waals surface area contributed by atoms with Crippen LogP contribution in [0.25, 0.3) is 0 Å². The summed E-state index contributed by atoms with van der Waals surface area (Å²) in [4.78, 5) is 27.0. The smallest absolute Gasteiger partial charge is 0.322 e. The van der Waals surface area contributed by atoms with Crippen LogP contribution < -0.4 is 10.2 Å². The molecule has 0 aromatic heterocycles. The Kier molecular flexibility index (Phi) is 6.59. The summed E-state index contributed by atoms with van der Waals surface area (Å²) in [5.74, 6) is 0. The maximum Gasteiger partial charge on any atom is 0.322 e. The first-order valence-corrected chi connectivity index (χ1v) is 10.1. The molecule has 2 aromatic carbocycles. The van der Waals surface area contributed by atoms with Crippen LogP contribution in [-0.2, 0) is 0 Å². The lowest BCUT2D eigenvalue weighted by Gasteiger charge is -2.30. The molecule has 0 spiro atoms. The molecule has 0 saturated carbocycles. The van der Waals surface area contributed by atoms with Gasteiger partial charge in [-0.05, 0) is 49.9 Å². The Hall–Kier alpha value is -2.80. The number of nitrogens with one attached hydrogen (secondary N) is 1. The largest absolute Gasteiger partial charge is 0.370 e. The Morgan fingerprint density at radius 1 is 1.21 bits per heavy atom. The number of nitro benzene ring substituents is 1. The number of hydrogen-bond acceptors (Lipinski definition) is 4. The first kappa shape index (κ1) is 20.9. The third-order valence-corrected chi connectivity index (χ3v) is 5.66. The number of anilines is 2. The molecule has 3 rings (SSSR count). The number of amides is 2. The number of carbonyl (C=O) groups is 1. The number of rotatable bonds is 5. The van der Waals surface area contributed by atoms with Gasteiger partial charge in [0.2, 0.25) is 0 Å². The van der Waals surface area contributed by atoms with Gasteiger partial charge in [0.1, 0.15) is 0 Å². The first-order chi connectivity index (χ1) is 13.9. The molecular weight excluding hydrogens is 392 g/mol. The fourth-order valence-electron chi connectivity index (χ4n) is 3.49. The number of benzene rings is 2. The number of nitrogens with zero attached hydrogens (tertiary/aromatic N) is 3. The minimum Gasteiger partial charge on any atom is -0.370 e. The minimum atomic E-state index is -0.442. The molecule has 0 radical (unpaired) electrons. The number of halogens is 1. The molecule has 1 aliphatic rings. The van der Waals surface area contributed by atoms with E-state index in [0.29, 0.717) is 16.3 Å². The van der Waals surface area contributed by atoms with E-state index in [-0.39, 0.29) is 17.8 Å². The molecule has 8 heteroatoms. The zero-order valence-corrected chi connectivity index (χ0v) is 17.4. The Balaban J connectivity index is 1.68. The highest BCUT2D eigenvalue weighted by Gasteiger charge is 2.20. The molecule has 154 valence electrons. The average molecular weight is 417 g/mol. The second-order valence-corrected chi connectivity index (χ2v) is 7.69. The van der Waals surface area contributed by atoms with Gasteiger partial charge in [-0.3, -0.25) is 10.1 Å². The van der Waals surface area contributed by atoms with Gasteiger partial charge in [0.05, 0.1) is 21.7 Å². The summed E-state index contributed by atoms with van der Waals surface area (Å²) in [7, 11) is 1.66. The highest BCUT2D eigenvalue weighted by atomic mass is 35.5. The molecule has 1 saturated heterocycles. The molecule has 1 N–H and O–H groups in total. The van der Waals surface area contributed by atoms with Gasteiger partial charge in [-0.1, -0.05) is 23.7 Å². The second kappa shape index (κ2) is 9.13. The van der Waals surface area contributed by atoms with E-state index in [9.17, 15) is 14.9 Å². The van der Waals surface area contributed by atoms with Crippen LogP contribution in [-0.4, -0.2) is 36.0 Å². The number of carbonyl (C=O) groups excluding carboxylic acids is 1. The van der Waals surface area contributed by atoms with E-state index in [0.717, 1.165) is 31.6 Å². The van der Waals surface area contributed by atoms with Crippen molar-refractivity contribution in [3.8, 4) is 0 Å². The van der Waals surface area contributed by atoms with Crippen molar-refractivity contribution in [2.75, 3.05) is 30.4 Å². The molecule has 1 heterocycles. The summed E-state index contributed by atoms with van der Waals surface area (Å²) in [6.07, 6.45) is 3.57. The summed E-state index contributed by atoms with van der Waals surface area (Å²) in [6, 6.07) is 11.2. The maximum absolute atomic E-state index is 12.7. The molecule has 1 unspecified atom stereocenters. The van der Waals surface area contributed by atoms with Crippen LogP contribution in [0.5, 0.6) is 0 Å². The number of non-ortho nitro benzene ring substituents is 1. The van der Waals surface area contributed by atoms with Crippen LogP contribution in [0.1, 0.15) is 37.8 Å². The number of piperidine rings is 1. The first-order valence-electron chi connectivity index (χ1n) is 9.69. The molecule has 0 aliphatic carbocycles. The van der Waals surface area contributed by atoms with Crippen LogP contribution in [0.15, 0.2) is 42.5 Å². The second-order valence-electron chi connectivity index (χ2n) is 7.28. The summed E-state index contributed by atoms with van der Waals surface area (Å²) < 4.78 is 0. The third kappa shape index (κ3) is 4.98. The lowest BCUT2D eigenvalue weighted by atomic mass is 10.1. The van der Waals surface area contributed by atoms with Crippen LogP contribution >= 0.6 is 11.6 Å². The maximum atomic E-state index is 12.7. The van der Waals surface area contributed by atoms with E-state index in [2.05, 4.69) is 10.2 Å². The summed E-state index contributed by atoms with van der Waals surface area (Å²) in [5.41, 5.74) is 2.29. The van der Waals surface area contributed by atoms with Crippen molar-refractivity contribution in [2.45, 2.75) is 32.2 Å². The molecule has 7 nitrogen and oxygen atoms in total. The van der Waals surface area contributed by atoms with Gasteiger partial charge in [-0.25, -0.2) is 4.79 Å². The van der Waals surface area contributed by atoms with E-state index < -0.39 is 4.92 Å². The van der Waals surface area contributed by atoms with Crippen molar-refractivity contribution in [2.24, 2.45) is 0 Å². The van der Waals surface area contributed by atoms with Crippen LogP contribution in [0, 0.1) is 10.1 Å². The summed E-state index contributed by atoms with van der Waals surface area (Å²) >= 11 is 6.46. The molecule has 1 aliphatic heterocycles. The number of nitro groups is 1. The van der Waals surface area contributed by atoms with E-state index >= 15 is 0 Å². The van der Waals surface area contributed by atoms with Gasteiger partial charge < -0.3 is 15.1 Å². The third-order valence-electron chi connectivity index (χ3n) is 5.36. The lowest BCUT2D eigenvalue weighted by molar-refractivity contribution is -0.384. The average Bonchev–Trinajstić information content (AvgIpc) is 2.73. The van der Waals surface area contributed by atoms with Crippen LogP contribution in [0.4, 0.5) is 21.9 Å². The predicted octanol–water partition coefficient (Wildman–Crippen LogP) is 5.46. The minimum absolute atomic E-state index is 0.00300. The molecule has 1 fully saturated rings. The standard InChI is InChI=1S/C21H25ClN4O3/c1-15(16-7-6-8-18(13-16)26(28)29)24(2)21(27)23-17-9-10-20(19(22)14-17)25-11-4-3-5-12-25/h6-10,13-15H,3-5,11-12H2,1-2H3,(H,23,27). The van der Waals surface area contributed by atoms with Crippen molar-refractivity contribution in [3.63, 3.8) is 0 Å². The van der Waals surface area contributed by atoms with Crippen molar-refractivity contribution in [1.29, 1.82) is 0 Å². The quantitative estimate of drug-likeness (QED) is 0.518. The highest BCUT2D eigenvalue weighted by Crippen LogP contribution is 2.31. The molecule has 0 bridgehead atoms. The van der Waals surface area contributed by atoms with Gasteiger partial charge >= 0.3 is 6.03 Å². The molecule has 2 aromatic rings. The van der Waals surface area contributed by atoms with Crippen LogP contribution in [0.2, 0.25) is 5.02 Å². The Morgan fingerprint density at radius 2 is 1.93 bits per heavy atom. The van der Waals surface area contributed by atoms with E-state index in [1.54, 1.807) is 25.2 Å². The number of hydrogen-bond donors (Lipinski definition) is 1. The SMILES string of the molecule is CC(c1cccc([N+](=O)[O-])c1)N(C)C(=O)Nc1ccc(N2CCCCC2)c(Cl)c1.